The number of amides is 1. The van der Waals surface area contributed by atoms with Gasteiger partial charge in [0.2, 0.25) is 5.82 Å². The molecule has 176 valence electrons. The van der Waals surface area contributed by atoms with Gasteiger partial charge in [-0.25, -0.2) is 9.31 Å². The van der Waals surface area contributed by atoms with Crippen molar-refractivity contribution in [1.29, 1.82) is 0 Å². The van der Waals surface area contributed by atoms with Crippen LogP contribution in [0.3, 0.4) is 0 Å². The monoisotopic (exact) mass is 474 g/mol. The van der Waals surface area contributed by atoms with Crippen molar-refractivity contribution in [1.82, 2.24) is 29.6 Å². The standard InChI is InChI=1S/C21H17F3N6O4/c22-21(23,24)13-3-1-12(2-4-13)17-27-19(34-28-17)14-10-25-30-15(9-16(31)26-18(14)30)11-5-7-29(8-6-11)20(32)33/h1-4,9-11H,5-8H2,(H,26,31)(H,32,33). The Bertz CT molecular complexity index is 1420. The number of fused-ring (bicyclic) bond motifs is 1. The predicted octanol–water partition coefficient (Wildman–Crippen LogP) is 3.62. The highest BCUT2D eigenvalue weighted by Gasteiger charge is 2.30. The Labute approximate surface area is 188 Å². The molecule has 10 nitrogen and oxygen atoms in total. The molecular formula is C21H17F3N6O4. The quantitative estimate of drug-likeness (QED) is 0.464. The van der Waals surface area contributed by atoms with Crippen LogP contribution in [0.5, 0.6) is 0 Å². The van der Waals surface area contributed by atoms with Crippen molar-refractivity contribution in [2.75, 3.05) is 13.1 Å². The number of H-pyrrole nitrogens is 1. The van der Waals surface area contributed by atoms with Gasteiger partial charge >= 0.3 is 12.3 Å². The molecule has 1 aromatic carbocycles. The first-order valence-electron chi connectivity index (χ1n) is 10.3. The fourth-order valence-electron chi connectivity index (χ4n) is 4.08. The number of piperidine rings is 1. The summed E-state index contributed by atoms with van der Waals surface area (Å²) in [4.78, 5) is 31.8. The van der Waals surface area contributed by atoms with E-state index in [9.17, 15) is 22.8 Å². The van der Waals surface area contributed by atoms with Crippen LogP contribution in [0.2, 0.25) is 0 Å². The number of benzene rings is 1. The normalized spacial score (nSPS) is 15.2. The molecule has 0 atom stereocenters. The van der Waals surface area contributed by atoms with Crippen LogP contribution < -0.4 is 5.56 Å². The van der Waals surface area contributed by atoms with Crippen molar-refractivity contribution in [2.45, 2.75) is 24.9 Å². The van der Waals surface area contributed by atoms with Crippen molar-refractivity contribution < 1.29 is 27.6 Å². The molecule has 0 saturated carbocycles. The van der Waals surface area contributed by atoms with Crippen molar-refractivity contribution in [3.05, 3.63) is 58.1 Å². The first-order chi connectivity index (χ1) is 16.2. The molecule has 34 heavy (non-hydrogen) atoms. The van der Waals surface area contributed by atoms with Gasteiger partial charge in [-0.15, -0.1) is 0 Å². The van der Waals surface area contributed by atoms with E-state index in [0.717, 1.165) is 12.1 Å². The summed E-state index contributed by atoms with van der Waals surface area (Å²) in [6, 6.07) is 5.79. The van der Waals surface area contributed by atoms with E-state index in [2.05, 4.69) is 20.2 Å². The summed E-state index contributed by atoms with van der Waals surface area (Å²) in [5.41, 5.74) is 0.490. The number of carboxylic acid groups (broad SMARTS) is 1. The highest BCUT2D eigenvalue weighted by Crippen LogP contribution is 2.32. The second-order valence-electron chi connectivity index (χ2n) is 7.92. The van der Waals surface area contributed by atoms with Gasteiger partial charge in [0.1, 0.15) is 11.2 Å². The molecule has 2 N–H and O–H groups in total. The van der Waals surface area contributed by atoms with E-state index in [4.69, 9.17) is 9.63 Å². The third-order valence-electron chi connectivity index (χ3n) is 5.84. The zero-order valence-electron chi connectivity index (χ0n) is 17.4. The van der Waals surface area contributed by atoms with Gasteiger partial charge in [0.25, 0.3) is 11.4 Å². The average molecular weight is 474 g/mol. The van der Waals surface area contributed by atoms with Crippen LogP contribution in [-0.2, 0) is 6.18 Å². The Morgan fingerprint density at radius 2 is 1.88 bits per heavy atom. The van der Waals surface area contributed by atoms with Gasteiger partial charge in [-0.1, -0.05) is 17.3 Å². The van der Waals surface area contributed by atoms with E-state index in [1.807, 2.05) is 0 Å². The summed E-state index contributed by atoms with van der Waals surface area (Å²) < 4.78 is 45.3. The van der Waals surface area contributed by atoms with E-state index in [0.29, 0.717) is 48.4 Å². The van der Waals surface area contributed by atoms with Crippen LogP contribution in [0.1, 0.15) is 30.0 Å². The van der Waals surface area contributed by atoms with Crippen molar-refractivity contribution in [2.24, 2.45) is 0 Å². The lowest BCUT2D eigenvalue weighted by atomic mass is 9.93. The summed E-state index contributed by atoms with van der Waals surface area (Å²) in [7, 11) is 0. The lowest BCUT2D eigenvalue weighted by molar-refractivity contribution is -0.137. The predicted molar refractivity (Wildman–Crippen MR) is 111 cm³/mol. The Hall–Kier alpha value is -4.16. The zero-order valence-corrected chi connectivity index (χ0v) is 17.4. The number of halogens is 3. The highest BCUT2D eigenvalue weighted by atomic mass is 19.4. The Morgan fingerprint density at radius 1 is 1.18 bits per heavy atom. The van der Waals surface area contributed by atoms with Crippen molar-refractivity contribution >= 4 is 11.7 Å². The van der Waals surface area contributed by atoms with Gasteiger partial charge in [0, 0.05) is 30.6 Å². The molecule has 0 radical (unpaired) electrons. The number of alkyl halides is 3. The second-order valence-corrected chi connectivity index (χ2v) is 7.92. The minimum Gasteiger partial charge on any atom is -0.465 e. The van der Waals surface area contributed by atoms with Gasteiger partial charge in [0.15, 0.2) is 0 Å². The maximum Gasteiger partial charge on any atom is 0.416 e. The summed E-state index contributed by atoms with van der Waals surface area (Å²) in [6.45, 7) is 0.700. The minimum absolute atomic E-state index is 0.0402. The number of hydrogen-bond acceptors (Lipinski definition) is 6. The first-order valence-corrected chi connectivity index (χ1v) is 10.3. The van der Waals surface area contributed by atoms with Crippen LogP contribution in [0.25, 0.3) is 28.5 Å². The van der Waals surface area contributed by atoms with Crippen LogP contribution in [-0.4, -0.2) is 53.9 Å². The molecule has 0 spiro atoms. The molecule has 5 rings (SSSR count). The molecule has 3 aromatic heterocycles. The molecule has 1 aliphatic heterocycles. The Kier molecular flexibility index (Phi) is 5.10. The number of nitrogens with zero attached hydrogens (tertiary/aromatic N) is 5. The third-order valence-corrected chi connectivity index (χ3v) is 5.84. The molecular weight excluding hydrogens is 457 g/mol. The van der Waals surface area contributed by atoms with Crippen LogP contribution >= 0.6 is 0 Å². The SMILES string of the molecule is O=C(O)N1CCC(c2cc(=O)[nH]c3c(-c4nc(-c5ccc(C(F)(F)F)cc5)no4)cnn23)CC1. The summed E-state index contributed by atoms with van der Waals surface area (Å²) in [5, 5.41) is 17.3. The molecule has 1 fully saturated rings. The van der Waals surface area contributed by atoms with Gasteiger partial charge in [-0.3, -0.25) is 4.79 Å². The van der Waals surface area contributed by atoms with Gasteiger partial charge in [-0.2, -0.15) is 23.3 Å². The number of nitrogens with one attached hydrogen (secondary N) is 1. The van der Waals surface area contributed by atoms with Crippen LogP contribution in [0.15, 0.2) is 45.8 Å². The lowest BCUT2D eigenvalue weighted by Gasteiger charge is -2.30. The molecule has 1 aliphatic rings. The Balaban J connectivity index is 1.46. The number of aromatic nitrogens is 5. The maximum absolute atomic E-state index is 12.8. The Morgan fingerprint density at radius 3 is 2.53 bits per heavy atom. The van der Waals surface area contributed by atoms with Crippen molar-refractivity contribution in [3.8, 4) is 22.8 Å². The maximum atomic E-state index is 12.8. The average Bonchev–Trinajstić information content (AvgIpc) is 3.45. The number of carbonyl (C=O) groups is 1. The molecule has 1 amide bonds. The van der Waals surface area contributed by atoms with Crippen LogP contribution in [0, 0.1) is 0 Å². The number of hydrogen-bond donors (Lipinski definition) is 2. The largest absolute Gasteiger partial charge is 0.465 e. The molecule has 0 unspecified atom stereocenters. The molecule has 4 heterocycles. The molecule has 4 aromatic rings. The first kappa shape index (κ1) is 21.7. The lowest BCUT2D eigenvalue weighted by Crippen LogP contribution is -2.37. The zero-order chi connectivity index (χ0) is 24.0. The fraction of sp³-hybridized carbons (Fsp3) is 0.286. The van der Waals surface area contributed by atoms with E-state index in [1.54, 1.807) is 4.52 Å². The van der Waals surface area contributed by atoms with Gasteiger partial charge in [-0.05, 0) is 25.0 Å². The van der Waals surface area contributed by atoms with Gasteiger partial charge in [0.05, 0.1) is 17.5 Å². The second kappa shape index (κ2) is 8.01. The topological polar surface area (TPSA) is 130 Å². The molecule has 13 heteroatoms. The van der Waals surface area contributed by atoms with E-state index >= 15 is 0 Å². The molecule has 0 aliphatic carbocycles. The number of rotatable bonds is 3. The van der Waals surface area contributed by atoms with Crippen molar-refractivity contribution in [3.63, 3.8) is 0 Å². The van der Waals surface area contributed by atoms with E-state index in [-0.39, 0.29) is 23.2 Å². The smallest absolute Gasteiger partial charge is 0.416 e. The van der Waals surface area contributed by atoms with Crippen LogP contribution in [0.4, 0.5) is 18.0 Å². The molecule has 1 saturated heterocycles. The summed E-state index contributed by atoms with van der Waals surface area (Å²) >= 11 is 0. The highest BCUT2D eigenvalue weighted by molar-refractivity contribution is 5.72. The third kappa shape index (κ3) is 3.89. The minimum atomic E-state index is -4.45. The summed E-state index contributed by atoms with van der Waals surface area (Å²) in [5.74, 6) is 0.0551. The number of aromatic amines is 1. The van der Waals surface area contributed by atoms with E-state index in [1.165, 1.54) is 29.3 Å². The summed E-state index contributed by atoms with van der Waals surface area (Å²) in [6.07, 6.45) is -2.90. The fourth-order valence-corrected chi connectivity index (χ4v) is 4.08. The number of likely N-dealkylation sites (tertiary alicyclic amines) is 1. The van der Waals surface area contributed by atoms with Gasteiger partial charge < -0.3 is 19.5 Å². The molecule has 0 bridgehead atoms. The van der Waals surface area contributed by atoms with E-state index < -0.39 is 17.8 Å².